The normalized spacial score (nSPS) is 12.1. The van der Waals surface area contributed by atoms with Crippen LogP contribution in [0, 0.1) is 5.82 Å². The fourth-order valence-electron chi connectivity index (χ4n) is 2.13. The van der Waals surface area contributed by atoms with Crippen molar-refractivity contribution in [1.82, 2.24) is 4.98 Å². The number of aliphatic imine (C=N–C) groups is 1. The molecule has 0 atom stereocenters. The number of alkyl halides is 3. The minimum atomic E-state index is -4.59. The van der Waals surface area contributed by atoms with Crippen molar-refractivity contribution in [3.63, 3.8) is 0 Å². The van der Waals surface area contributed by atoms with E-state index in [4.69, 9.17) is 11.5 Å². The number of carbonyl (C=O) groups excluding carboxylic acids is 1. The number of halogens is 4. The maximum Gasteiger partial charge on any atom is 0.415 e. The highest BCUT2D eigenvalue weighted by molar-refractivity contribution is 6.04. The average Bonchev–Trinajstić information content (AvgIpc) is 2.71. The van der Waals surface area contributed by atoms with E-state index in [1.54, 1.807) is 12.1 Å². The summed E-state index contributed by atoms with van der Waals surface area (Å²) < 4.78 is 49.9. The summed E-state index contributed by atoms with van der Waals surface area (Å²) in [4.78, 5) is 27.5. The summed E-state index contributed by atoms with van der Waals surface area (Å²) in [6, 6.07) is 7.14. The van der Waals surface area contributed by atoms with Crippen LogP contribution in [-0.4, -0.2) is 30.1 Å². The van der Waals surface area contributed by atoms with Crippen LogP contribution in [0.5, 0.6) is 0 Å². The van der Waals surface area contributed by atoms with E-state index in [9.17, 15) is 22.4 Å². The minimum absolute atomic E-state index is 0.0492. The Kier molecular flexibility index (Phi) is 8.14. The molecule has 31 heavy (non-hydrogen) atoms. The van der Waals surface area contributed by atoms with Crippen LogP contribution >= 0.6 is 0 Å². The summed E-state index contributed by atoms with van der Waals surface area (Å²) in [5.41, 5.74) is 11.6. The SMILES string of the molecule is N/C=C(\N=COOCC(F)(F)F)C(=O)Nc1ccc(F)c(CNc2cccnc2N)c1. The van der Waals surface area contributed by atoms with Gasteiger partial charge in [0.15, 0.2) is 6.61 Å². The van der Waals surface area contributed by atoms with E-state index < -0.39 is 24.5 Å². The molecule has 2 rings (SSSR count). The molecule has 0 saturated heterocycles. The molecule has 0 unspecified atom stereocenters. The number of nitrogens with zero attached hydrogens (tertiary/aromatic N) is 2. The van der Waals surface area contributed by atoms with Crippen LogP contribution in [0.4, 0.5) is 34.8 Å². The molecule has 1 amide bonds. The van der Waals surface area contributed by atoms with Crippen molar-refractivity contribution >= 4 is 29.5 Å². The maximum absolute atomic E-state index is 14.1. The zero-order valence-corrected chi connectivity index (χ0v) is 15.8. The molecule has 0 saturated carbocycles. The largest absolute Gasteiger partial charge is 0.415 e. The topological polar surface area (TPSA) is 137 Å². The predicted octanol–water partition coefficient (Wildman–Crippen LogP) is 2.69. The van der Waals surface area contributed by atoms with Gasteiger partial charge in [-0.3, -0.25) is 4.79 Å². The lowest BCUT2D eigenvalue weighted by molar-refractivity contribution is -0.289. The molecule has 0 aliphatic heterocycles. The van der Waals surface area contributed by atoms with E-state index in [2.05, 4.69) is 30.4 Å². The molecule has 0 spiro atoms. The summed E-state index contributed by atoms with van der Waals surface area (Å²) in [6.45, 7) is -1.61. The monoisotopic (exact) mass is 442 g/mol. The fraction of sp³-hybridized carbons (Fsp3) is 0.167. The van der Waals surface area contributed by atoms with Gasteiger partial charge in [0.25, 0.3) is 5.91 Å². The second-order valence-corrected chi connectivity index (χ2v) is 5.81. The van der Waals surface area contributed by atoms with Gasteiger partial charge in [-0.05, 0) is 30.3 Å². The quantitative estimate of drug-likeness (QED) is 0.0891. The third-order valence-corrected chi connectivity index (χ3v) is 3.53. The molecule has 9 nitrogen and oxygen atoms in total. The first-order chi connectivity index (χ1) is 14.7. The first-order valence-electron chi connectivity index (χ1n) is 8.53. The van der Waals surface area contributed by atoms with Crippen molar-refractivity contribution in [2.75, 3.05) is 23.0 Å². The van der Waals surface area contributed by atoms with Gasteiger partial charge in [0.2, 0.25) is 6.40 Å². The lowest BCUT2D eigenvalue weighted by Crippen LogP contribution is -2.17. The van der Waals surface area contributed by atoms with Crippen molar-refractivity contribution in [2.24, 2.45) is 10.7 Å². The third-order valence-electron chi connectivity index (χ3n) is 3.53. The fourth-order valence-corrected chi connectivity index (χ4v) is 2.13. The van der Waals surface area contributed by atoms with Crippen molar-refractivity contribution in [3.05, 3.63) is 59.8 Å². The van der Waals surface area contributed by atoms with Crippen molar-refractivity contribution in [2.45, 2.75) is 12.7 Å². The number of rotatable bonds is 9. The standard InChI is InChI=1S/C18H18F4N6O3/c19-13-4-3-12(6-11(13)8-26-14-2-1-5-25-16(14)24)28-17(29)15(7-23)27-10-31-30-9-18(20,21)22/h1-7,10,26H,8-9,23H2,(H2,24,25)(H,28,29)/b15-7-,27-10?. The Morgan fingerprint density at radius 3 is 2.74 bits per heavy atom. The van der Waals surface area contributed by atoms with Gasteiger partial charge in [0.05, 0.1) is 5.69 Å². The smallest absolute Gasteiger partial charge is 0.403 e. The zero-order valence-electron chi connectivity index (χ0n) is 15.8. The van der Waals surface area contributed by atoms with Crippen molar-refractivity contribution < 1.29 is 32.1 Å². The molecule has 13 heteroatoms. The van der Waals surface area contributed by atoms with Gasteiger partial charge in [-0.15, -0.1) is 0 Å². The first kappa shape index (κ1) is 23.4. The number of anilines is 3. The number of pyridine rings is 1. The van der Waals surface area contributed by atoms with E-state index in [1.807, 2.05) is 0 Å². The molecule has 0 radical (unpaired) electrons. The Morgan fingerprint density at radius 2 is 2.06 bits per heavy atom. The highest BCUT2D eigenvalue weighted by Gasteiger charge is 2.28. The maximum atomic E-state index is 14.1. The highest BCUT2D eigenvalue weighted by atomic mass is 19.4. The molecule has 0 bridgehead atoms. The third kappa shape index (κ3) is 7.81. The molecule has 0 aliphatic rings. The van der Waals surface area contributed by atoms with Crippen LogP contribution in [0.3, 0.4) is 0 Å². The minimum Gasteiger partial charge on any atom is -0.403 e. The van der Waals surface area contributed by atoms with Crippen LogP contribution in [0.2, 0.25) is 0 Å². The van der Waals surface area contributed by atoms with Crippen LogP contribution in [-0.2, 0) is 21.1 Å². The molecular weight excluding hydrogens is 424 g/mol. The van der Waals surface area contributed by atoms with Crippen molar-refractivity contribution in [1.29, 1.82) is 0 Å². The number of hydrogen-bond donors (Lipinski definition) is 4. The number of nitrogens with two attached hydrogens (primary N) is 2. The van der Waals surface area contributed by atoms with Gasteiger partial charge >= 0.3 is 6.18 Å². The van der Waals surface area contributed by atoms with E-state index >= 15 is 0 Å². The van der Waals surface area contributed by atoms with Gasteiger partial charge in [-0.1, -0.05) is 0 Å². The van der Waals surface area contributed by atoms with Gasteiger partial charge < -0.3 is 27.0 Å². The van der Waals surface area contributed by atoms with Gasteiger partial charge in [0.1, 0.15) is 17.3 Å². The number of aromatic nitrogens is 1. The summed E-state index contributed by atoms with van der Waals surface area (Å²) >= 11 is 0. The summed E-state index contributed by atoms with van der Waals surface area (Å²) in [5.74, 6) is -1.11. The average molecular weight is 442 g/mol. The molecular formula is C18H18F4N6O3. The van der Waals surface area contributed by atoms with Gasteiger partial charge in [-0.25, -0.2) is 14.4 Å². The molecule has 0 aliphatic carbocycles. The Morgan fingerprint density at radius 1 is 1.29 bits per heavy atom. The van der Waals surface area contributed by atoms with E-state index in [-0.39, 0.29) is 29.3 Å². The predicted molar refractivity (Wildman–Crippen MR) is 105 cm³/mol. The lowest BCUT2D eigenvalue weighted by atomic mass is 10.1. The Balaban J connectivity index is 1.97. The summed E-state index contributed by atoms with van der Waals surface area (Å²) in [5, 5.41) is 5.36. The van der Waals surface area contributed by atoms with Gasteiger partial charge in [-0.2, -0.15) is 18.1 Å². The van der Waals surface area contributed by atoms with Crippen LogP contribution in [0.15, 0.2) is 53.4 Å². The van der Waals surface area contributed by atoms with Crippen LogP contribution in [0.1, 0.15) is 5.56 Å². The summed E-state index contributed by atoms with van der Waals surface area (Å²) in [6.07, 6.45) is -1.80. The molecule has 0 fully saturated rings. The lowest BCUT2D eigenvalue weighted by Gasteiger charge is -2.11. The molecule has 1 heterocycles. The number of hydrogen-bond acceptors (Lipinski definition) is 8. The number of amides is 1. The van der Waals surface area contributed by atoms with E-state index in [1.165, 1.54) is 18.3 Å². The van der Waals surface area contributed by atoms with Crippen LogP contribution in [0.25, 0.3) is 0 Å². The van der Waals surface area contributed by atoms with E-state index in [0.717, 1.165) is 12.3 Å². The van der Waals surface area contributed by atoms with Gasteiger partial charge in [0, 0.05) is 30.2 Å². The number of nitrogens with one attached hydrogen (secondary N) is 2. The Hall–Kier alpha value is -3.87. The Bertz CT molecular complexity index is 966. The molecule has 1 aromatic carbocycles. The number of nitrogen functional groups attached to an aromatic ring is 1. The first-order valence-corrected chi connectivity index (χ1v) is 8.53. The highest BCUT2D eigenvalue weighted by Crippen LogP contribution is 2.19. The number of carbonyl (C=O) groups is 1. The second-order valence-electron chi connectivity index (χ2n) is 5.81. The zero-order chi connectivity index (χ0) is 22.9. The second kappa shape index (κ2) is 10.8. The van der Waals surface area contributed by atoms with Crippen LogP contribution < -0.4 is 22.1 Å². The molecule has 1 aromatic heterocycles. The van der Waals surface area contributed by atoms with Crippen molar-refractivity contribution in [3.8, 4) is 0 Å². The molecule has 166 valence electrons. The Labute approximate surface area is 173 Å². The van der Waals surface area contributed by atoms with E-state index in [0.29, 0.717) is 12.1 Å². The molecule has 2 aromatic rings. The number of benzene rings is 1. The molecule has 6 N–H and O–H groups in total. The summed E-state index contributed by atoms with van der Waals surface area (Å²) in [7, 11) is 0.